The molecule has 1 N–H and O–H groups in total. The molecule has 0 radical (unpaired) electrons. The van der Waals surface area contributed by atoms with Gasteiger partial charge in [0.25, 0.3) is 0 Å². The summed E-state index contributed by atoms with van der Waals surface area (Å²) in [6.07, 6.45) is 8.66. The molecule has 0 aliphatic heterocycles. The molecule has 1 aromatic rings. The van der Waals surface area contributed by atoms with E-state index in [1.807, 2.05) is 6.07 Å². The van der Waals surface area contributed by atoms with Crippen molar-refractivity contribution in [2.24, 2.45) is 5.92 Å². The molecule has 1 saturated carbocycles. The van der Waals surface area contributed by atoms with Crippen molar-refractivity contribution in [3.63, 3.8) is 0 Å². The monoisotopic (exact) mass is 294 g/mol. The molecule has 0 heterocycles. The van der Waals surface area contributed by atoms with Gasteiger partial charge in [0.05, 0.1) is 6.26 Å². The Morgan fingerprint density at radius 3 is 2.71 bits per heavy atom. The van der Waals surface area contributed by atoms with Crippen molar-refractivity contribution in [1.29, 1.82) is 0 Å². The second kappa shape index (κ2) is 6.25. The number of hydrogen-bond donors (Lipinski definition) is 1. The van der Waals surface area contributed by atoms with Gasteiger partial charge in [-0.3, -0.25) is 0 Å². The number of rotatable bonds is 3. The minimum absolute atomic E-state index is 0.590. The van der Waals surface area contributed by atoms with Crippen molar-refractivity contribution in [2.45, 2.75) is 38.5 Å². The second-order valence-electron chi connectivity index (χ2n) is 4.85. The Hall–Kier alpha value is -0.760. The van der Waals surface area contributed by atoms with Gasteiger partial charge in [-0.25, -0.2) is 0 Å². The summed E-state index contributed by atoms with van der Waals surface area (Å²) in [5.41, 5.74) is 2.47. The molecule has 0 aromatic heterocycles. The van der Waals surface area contributed by atoms with E-state index in [4.69, 9.17) is 0 Å². The van der Waals surface area contributed by atoms with Crippen LogP contribution in [-0.2, 0) is 6.42 Å². The molecule has 1 aromatic carbocycles. The highest BCUT2D eigenvalue weighted by Crippen LogP contribution is 2.31. The first-order chi connectivity index (χ1) is 8.29. The Bertz CT molecular complexity index is 392. The van der Waals surface area contributed by atoms with Crippen LogP contribution in [-0.4, -0.2) is 5.11 Å². The van der Waals surface area contributed by atoms with Crippen LogP contribution in [0.15, 0.2) is 40.6 Å². The molecule has 2 heteroatoms. The molecule has 0 atom stereocenters. The SMILES string of the molecule is O/C=C(\Cc1cccc(Br)c1)C1CCCCC1. The van der Waals surface area contributed by atoms with Crippen LogP contribution in [0.4, 0.5) is 0 Å². The van der Waals surface area contributed by atoms with E-state index < -0.39 is 0 Å². The summed E-state index contributed by atoms with van der Waals surface area (Å²) in [7, 11) is 0. The van der Waals surface area contributed by atoms with E-state index in [0.717, 1.165) is 10.9 Å². The van der Waals surface area contributed by atoms with Gasteiger partial charge >= 0.3 is 0 Å². The minimum Gasteiger partial charge on any atom is -0.516 e. The molecule has 1 fully saturated rings. The zero-order valence-corrected chi connectivity index (χ0v) is 11.6. The first-order valence-electron chi connectivity index (χ1n) is 6.37. The molecule has 0 saturated heterocycles. The third-order valence-electron chi connectivity index (χ3n) is 3.59. The lowest BCUT2D eigenvalue weighted by atomic mass is 9.82. The third kappa shape index (κ3) is 3.60. The van der Waals surface area contributed by atoms with Crippen molar-refractivity contribution in [3.05, 3.63) is 46.1 Å². The predicted octanol–water partition coefficient (Wildman–Crippen LogP) is 5.01. The van der Waals surface area contributed by atoms with Crippen molar-refractivity contribution in [1.82, 2.24) is 0 Å². The van der Waals surface area contributed by atoms with Gasteiger partial charge in [-0.2, -0.15) is 0 Å². The second-order valence-corrected chi connectivity index (χ2v) is 5.76. The molecular weight excluding hydrogens is 276 g/mol. The van der Waals surface area contributed by atoms with Crippen LogP contribution in [0, 0.1) is 5.92 Å². The highest BCUT2D eigenvalue weighted by molar-refractivity contribution is 9.10. The van der Waals surface area contributed by atoms with Crippen molar-refractivity contribution >= 4 is 15.9 Å². The number of halogens is 1. The van der Waals surface area contributed by atoms with Gasteiger partial charge in [-0.15, -0.1) is 0 Å². The normalized spacial score (nSPS) is 18.3. The molecule has 0 unspecified atom stereocenters. The van der Waals surface area contributed by atoms with Crippen LogP contribution in [0.1, 0.15) is 37.7 Å². The number of allylic oxidation sites excluding steroid dienone is 1. The Kier molecular flexibility index (Phi) is 4.66. The van der Waals surface area contributed by atoms with Gasteiger partial charge < -0.3 is 5.11 Å². The molecular formula is C15H19BrO. The van der Waals surface area contributed by atoms with Crippen LogP contribution < -0.4 is 0 Å². The average Bonchev–Trinajstić information content (AvgIpc) is 2.37. The van der Waals surface area contributed by atoms with Crippen LogP contribution in [0.2, 0.25) is 0 Å². The maximum atomic E-state index is 9.44. The van der Waals surface area contributed by atoms with E-state index in [0.29, 0.717) is 5.92 Å². The largest absolute Gasteiger partial charge is 0.516 e. The molecule has 1 nitrogen and oxygen atoms in total. The van der Waals surface area contributed by atoms with E-state index in [2.05, 4.69) is 34.1 Å². The Morgan fingerprint density at radius 2 is 2.06 bits per heavy atom. The lowest BCUT2D eigenvalue weighted by molar-refractivity contribution is 0.377. The molecule has 0 amide bonds. The fourth-order valence-corrected chi connectivity index (χ4v) is 3.10. The highest BCUT2D eigenvalue weighted by Gasteiger charge is 2.18. The van der Waals surface area contributed by atoms with Crippen LogP contribution >= 0.6 is 15.9 Å². The molecule has 2 rings (SSSR count). The lowest BCUT2D eigenvalue weighted by Gasteiger charge is -2.24. The van der Waals surface area contributed by atoms with Crippen molar-refractivity contribution < 1.29 is 5.11 Å². The smallest absolute Gasteiger partial charge is 0.0789 e. The van der Waals surface area contributed by atoms with Gasteiger partial charge in [0.2, 0.25) is 0 Å². The zero-order valence-electron chi connectivity index (χ0n) is 10.0. The van der Waals surface area contributed by atoms with Crippen LogP contribution in [0.3, 0.4) is 0 Å². The van der Waals surface area contributed by atoms with E-state index in [1.54, 1.807) is 0 Å². The van der Waals surface area contributed by atoms with Crippen LogP contribution in [0.5, 0.6) is 0 Å². The topological polar surface area (TPSA) is 20.2 Å². The molecule has 92 valence electrons. The standard InChI is InChI=1S/C15H19BrO/c16-15-8-4-5-12(10-15)9-14(11-17)13-6-2-1-3-7-13/h4-5,8,10-11,13,17H,1-3,6-7,9H2/b14-11+. The van der Waals surface area contributed by atoms with Gasteiger partial charge in [0.15, 0.2) is 0 Å². The summed E-state index contributed by atoms with van der Waals surface area (Å²) in [5, 5.41) is 9.44. The summed E-state index contributed by atoms with van der Waals surface area (Å²) >= 11 is 3.49. The summed E-state index contributed by atoms with van der Waals surface area (Å²) in [5.74, 6) is 0.590. The fourth-order valence-electron chi connectivity index (χ4n) is 2.65. The molecule has 1 aliphatic carbocycles. The van der Waals surface area contributed by atoms with E-state index in [9.17, 15) is 5.11 Å². The molecule has 1 aliphatic rings. The Labute approximate surface area is 112 Å². The summed E-state index contributed by atoms with van der Waals surface area (Å²) in [6.45, 7) is 0. The lowest BCUT2D eigenvalue weighted by Crippen LogP contribution is -2.11. The first kappa shape index (κ1) is 12.7. The van der Waals surface area contributed by atoms with Crippen LogP contribution in [0.25, 0.3) is 0 Å². The quantitative estimate of drug-likeness (QED) is 0.777. The van der Waals surface area contributed by atoms with Gasteiger partial charge in [-0.05, 0) is 48.4 Å². The summed E-state index contributed by atoms with van der Waals surface area (Å²) < 4.78 is 1.11. The van der Waals surface area contributed by atoms with Gasteiger partial charge in [-0.1, -0.05) is 47.3 Å². The number of aliphatic hydroxyl groups excluding tert-OH is 1. The van der Waals surface area contributed by atoms with Gasteiger partial charge in [0, 0.05) is 4.47 Å². The maximum Gasteiger partial charge on any atom is 0.0789 e. The maximum absolute atomic E-state index is 9.44. The predicted molar refractivity (Wildman–Crippen MR) is 75.1 cm³/mol. The highest BCUT2D eigenvalue weighted by atomic mass is 79.9. The number of benzene rings is 1. The van der Waals surface area contributed by atoms with E-state index >= 15 is 0 Å². The summed E-state index contributed by atoms with van der Waals surface area (Å²) in [6, 6.07) is 8.34. The van der Waals surface area contributed by atoms with E-state index in [-0.39, 0.29) is 0 Å². The summed E-state index contributed by atoms with van der Waals surface area (Å²) in [4.78, 5) is 0. The average molecular weight is 295 g/mol. The minimum atomic E-state index is 0.590. The van der Waals surface area contributed by atoms with Gasteiger partial charge in [0.1, 0.15) is 0 Å². The number of aliphatic hydroxyl groups is 1. The Balaban J connectivity index is 2.04. The fraction of sp³-hybridized carbons (Fsp3) is 0.467. The van der Waals surface area contributed by atoms with Crippen molar-refractivity contribution in [2.75, 3.05) is 0 Å². The molecule has 0 bridgehead atoms. The third-order valence-corrected chi connectivity index (χ3v) is 4.09. The molecule has 0 spiro atoms. The zero-order chi connectivity index (χ0) is 12.1. The van der Waals surface area contributed by atoms with Crippen molar-refractivity contribution in [3.8, 4) is 0 Å². The first-order valence-corrected chi connectivity index (χ1v) is 7.16. The molecule has 17 heavy (non-hydrogen) atoms. The van der Waals surface area contributed by atoms with E-state index in [1.165, 1.54) is 49.5 Å². The number of hydrogen-bond acceptors (Lipinski definition) is 1. The Morgan fingerprint density at radius 1 is 1.29 bits per heavy atom.